The number of rotatable bonds is 7. The van der Waals surface area contributed by atoms with E-state index in [2.05, 4.69) is 4.98 Å². The van der Waals surface area contributed by atoms with E-state index in [9.17, 15) is 4.79 Å². The van der Waals surface area contributed by atoms with E-state index >= 15 is 0 Å². The quantitative estimate of drug-likeness (QED) is 0.719. The first-order chi connectivity index (χ1) is 11.3. The lowest BCUT2D eigenvalue weighted by molar-refractivity contribution is -0.143. The minimum Gasteiger partial charge on any atom is -0.487 e. The maximum Gasteiger partial charge on any atom is 0.306 e. The highest BCUT2D eigenvalue weighted by Gasteiger charge is 2.09. The molecule has 2 rings (SSSR count). The van der Waals surface area contributed by atoms with E-state index in [1.807, 2.05) is 56.3 Å². The number of carbonyl (C=O) groups excluding carboxylic acids is 1. The van der Waals surface area contributed by atoms with Crippen molar-refractivity contribution in [1.82, 2.24) is 4.98 Å². The van der Waals surface area contributed by atoms with Crippen molar-refractivity contribution in [2.75, 3.05) is 6.61 Å². The summed E-state index contributed by atoms with van der Waals surface area (Å²) < 4.78 is 10.7. The largest absolute Gasteiger partial charge is 0.487 e. The van der Waals surface area contributed by atoms with E-state index in [1.165, 1.54) is 0 Å². The average molecular weight is 315 g/mol. The highest BCUT2D eigenvalue weighted by molar-refractivity contribution is 5.69. The monoisotopic (exact) mass is 315 g/mol. The predicted octanol–water partition coefficient (Wildman–Crippen LogP) is 4.18. The molecule has 0 atom stereocenters. The molecule has 0 amide bonds. The Morgan fingerprint density at radius 3 is 2.52 bits per heavy atom. The Morgan fingerprint density at radius 1 is 1.09 bits per heavy atom. The van der Waals surface area contributed by atoms with Crippen molar-refractivity contribution in [3.63, 3.8) is 0 Å². The van der Waals surface area contributed by atoms with Crippen molar-refractivity contribution in [2.24, 2.45) is 0 Å². The van der Waals surface area contributed by atoms with Gasteiger partial charge in [-0.15, -0.1) is 0 Å². The minimum atomic E-state index is -0.211. The summed E-state index contributed by atoms with van der Waals surface area (Å²) in [5.74, 6) is 0.503. The number of aromatic nitrogens is 1. The normalized spacial score (nSPS) is 9.52. The van der Waals surface area contributed by atoms with Gasteiger partial charge in [0.05, 0.1) is 18.7 Å². The van der Waals surface area contributed by atoms with Gasteiger partial charge in [0.1, 0.15) is 12.4 Å². The summed E-state index contributed by atoms with van der Waals surface area (Å²) >= 11 is 0. The van der Waals surface area contributed by atoms with Crippen molar-refractivity contribution in [1.29, 1.82) is 0 Å². The second-order valence-electron chi connectivity index (χ2n) is 4.53. The van der Waals surface area contributed by atoms with Gasteiger partial charge in [0.15, 0.2) is 0 Å². The minimum absolute atomic E-state index is 0.211. The molecule has 1 aromatic carbocycles. The third-order valence-corrected chi connectivity index (χ3v) is 2.96. The Hall–Kier alpha value is -2.36. The van der Waals surface area contributed by atoms with Gasteiger partial charge in [-0.1, -0.05) is 44.2 Å². The molecule has 0 unspecified atom stereocenters. The van der Waals surface area contributed by atoms with Crippen LogP contribution in [0, 0.1) is 0 Å². The molecule has 0 radical (unpaired) electrons. The maximum absolute atomic E-state index is 11.4. The summed E-state index contributed by atoms with van der Waals surface area (Å²) in [6.07, 6.45) is 2.53. The summed E-state index contributed by atoms with van der Waals surface area (Å²) in [7, 11) is 0. The van der Waals surface area contributed by atoms with Crippen LogP contribution in [0.15, 0.2) is 48.7 Å². The third kappa shape index (κ3) is 6.96. The molecule has 0 bridgehead atoms. The topological polar surface area (TPSA) is 48.4 Å². The Labute approximate surface area is 138 Å². The summed E-state index contributed by atoms with van der Waals surface area (Å²) in [5.41, 5.74) is 1.87. The number of pyridine rings is 1. The fourth-order valence-electron chi connectivity index (χ4n) is 1.93. The third-order valence-electron chi connectivity index (χ3n) is 2.96. The van der Waals surface area contributed by atoms with Crippen LogP contribution in [0.2, 0.25) is 0 Å². The van der Waals surface area contributed by atoms with Crippen molar-refractivity contribution in [3.05, 3.63) is 59.9 Å². The number of nitrogens with zero attached hydrogens (tertiary/aromatic N) is 1. The Morgan fingerprint density at radius 2 is 1.83 bits per heavy atom. The van der Waals surface area contributed by atoms with Crippen molar-refractivity contribution < 1.29 is 14.3 Å². The van der Waals surface area contributed by atoms with Gasteiger partial charge in [-0.05, 0) is 24.6 Å². The standard InChI is InChI=1S/C17H19NO3.C2H6/c1-2-20-17(19)11-10-15-16(9-6-12-18-15)21-13-14-7-4-3-5-8-14;1-2/h3-9,12H,2,10-11,13H2,1H3;1-2H3. The second-order valence-corrected chi connectivity index (χ2v) is 4.53. The molecule has 0 spiro atoms. The van der Waals surface area contributed by atoms with E-state index in [0.29, 0.717) is 31.8 Å². The van der Waals surface area contributed by atoms with Crippen molar-refractivity contribution in [3.8, 4) is 5.75 Å². The summed E-state index contributed by atoms with van der Waals surface area (Å²) in [5, 5.41) is 0. The Balaban J connectivity index is 0.00000127. The van der Waals surface area contributed by atoms with Crippen LogP contribution in [-0.2, 0) is 22.6 Å². The zero-order chi connectivity index (χ0) is 16.9. The molecule has 0 aliphatic carbocycles. The molecule has 4 heteroatoms. The lowest BCUT2D eigenvalue weighted by atomic mass is 10.2. The molecule has 0 N–H and O–H groups in total. The fourth-order valence-corrected chi connectivity index (χ4v) is 1.93. The van der Waals surface area contributed by atoms with Crippen molar-refractivity contribution >= 4 is 5.97 Å². The average Bonchev–Trinajstić information content (AvgIpc) is 2.62. The maximum atomic E-state index is 11.4. The van der Waals surface area contributed by atoms with Crippen LogP contribution in [0.5, 0.6) is 5.75 Å². The molecule has 0 aliphatic rings. The van der Waals surface area contributed by atoms with Crippen LogP contribution in [0.4, 0.5) is 0 Å². The Kier molecular flexibility index (Phi) is 9.13. The summed E-state index contributed by atoms with van der Waals surface area (Å²) in [6, 6.07) is 13.6. The lowest BCUT2D eigenvalue weighted by Crippen LogP contribution is -2.07. The van der Waals surface area contributed by atoms with Gasteiger partial charge in [0.25, 0.3) is 0 Å². The van der Waals surface area contributed by atoms with Gasteiger partial charge >= 0.3 is 5.97 Å². The molecule has 0 saturated heterocycles. The summed E-state index contributed by atoms with van der Waals surface area (Å²) in [4.78, 5) is 15.7. The van der Waals surface area contributed by atoms with E-state index in [0.717, 1.165) is 11.3 Å². The molecule has 0 saturated carbocycles. The van der Waals surface area contributed by atoms with E-state index in [1.54, 1.807) is 13.1 Å². The number of benzene rings is 1. The zero-order valence-corrected chi connectivity index (χ0v) is 14.1. The molecule has 124 valence electrons. The number of hydrogen-bond donors (Lipinski definition) is 0. The molecule has 0 aliphatic heterocycles. The van der Waals surface area contributed by atoms with E-state index in [4.69, 9.17) is 9.47 Å². The van der Waals surface area contributed by atoms with Gasteiger partial charge in [0.2, 0.25) is 0 Å². The second kappa shape index (κ2) is 11.2. The number of esters is 1. The van der Waals surface area contributed by atoms with Crippen LogP contribution >= 0.6 is 0 Å². The SMILES string of the molecule is CC.CCOC(=O)CCc1ncccc1OCc1ccccc1. The van der Waals surface area contributed by atoms with Gasteiger partial charge in [-0.25, -0.2) is 0 Å². The summed E-state index contributed by atoms with van der Waals surface area (Å²) in [6.45, 7) is 6.68. The van der Waals surface area contributed by atoms with Gasteiger partial charge in [-0.2, -0.15) is 0 Å². The lowest BCUT2D eigenvalue weighted by Gasteiger charge is -2.10. The molecule has 2 aromatic rings. The van der Waals surface area contributed by atoms with Gasteiger partial charge in [-0.3, -0.25) is 9.78 Å². The van der Waals surface area contributed by atoms with E-state index in [-0.39, 0.29) is 5.97 Å². The first kappa shape index (κ1) is 18.7. The number of hydrogen-bond acceptors (Lipinski definition) is 4. The molecular formula is C19H25NO3. The van der Waals surface area contributed by atoms with Crippen LogP contribution < -0.4 is 4.74 Å². The molecule has 23 heavy (non-hydrogen) atoms. The molecule has 1 aromatic heterocycles. The molecule has 0 fully saturated rings. The smallest absolute Gasteiger partial charge is 0.306 e. The number of ether oxygens (including phenoxy) is 2. The number of aryl methyl sites for hydroxylation is 1. The van der Waals surface area contributed by atoms with Crippen molar-refractivity contribution in [2.45, 2.75) is 40.2 Å². The van der Waals surface area contributed by atoms with Crippen LogP contribution in [0.3, 0.4) is 0 Å². The predicted molar refractivity (Wildman–Crippen MR) is 91.3 cm³/mol. The van der Waals surface area contributed by atoms with Crippen LogP contribution in [0.25, 0.3) is 0 Å². The first-order valence-electron chi connectivity index (χ1n) is 8.06. The fraction of sp³-hybridized carbons (Fsp3) is 0.368. The highest BCUT2D eigenvalue weighted by Crippen LogP contribution is 2.18. The number of carbonyl (C=O) groups is 1. The zero-order valence-electron chi connectivity index (χ0n) is 14.1. The molecule has 4 nitrogen and oxygen atoms in total. The van der Waals surface area contributed by atoms with Gasteiger partial charge in [0, 0.05) is 12.6 Å². The highest BCUT2D eigenvalue weighted by atomic mass is 16.5. The van der Waals surface area contributed by atoms with Crippen LogP contribution in [0.1, 0.15) is 38.4 Å². The van der Waals surface area contributed by atoms with E-state index < -0.39 is 0 Å². The molecular weight excluding hydrogens is 290 g/mol. The van der Waals surface area contributed by atoms with Gasteiger partial charge < -0.3 is 9.47 Å². The Bertz CT molecular complexity index is 570. The molecule has 1 heterocycles. The van der Waals surface area contributed by atoms with Crippen LogP contribution in [-0.4, -0.2) is 17.6 Å². The first-order valence-corrected chi connectivity index (χ1v) is 8.06.